The minimum Gasteiger partial charge on any atom is -0.478 e. The fraction of sp³-hybridized carbons (Fsp3) is 0.167. The second kappa shape index (κ2) is 6.06. The third-order valence-electron chi connectivity index (χ3n) is 2.05. The molecule has 0 bridgehead atoms. The predicted octanol–water partition coefficient (Wildman–Crippen LogP) is 2.61. The van der Waals surface area contributed by atoms with Crippen LogP contribution in [0.25, 0.3) is 6.08 Å². The summed E-state index contributed by atoms with van der Waals surface area (Å²) in [6.45, 7) is 0. The standard InChI is InChI=1S/C12H11ClO4/c1-17-11(14)4-2-3-8-5-6-9(12(15)16)10(13)7-8/h2-3,5-7H,4H2,1H3,(H,15,16). The van der Waals surface area contributed by atoms with Crippen LogP contribution in [-0.4, -0.2) is 24.2 Å². The smallest absolute Gasteiger partial charge is 0.337 e. The SMILES string of the molecule is COC(=O)CC=Cc1ccc(C(=O)O)c(Cl)c1. The maximum atomic E-state index is 10.8. The van der Waals surface area contributed by atoms with E-state index in [0.29, 0.717) is 0 Å². The Morgan fingerprint density at radius 1 is 1.47 bits per heavy atom. The molecule has 0 fully saturated rings. The second-order valence-corrected chi connectivity index (χ2v) is 3.63. The molecule has 0 atom stereocenters. The number of carboxylic acids is 1. The summed E-state index contributed by atoms with van der Waals surface area (Å²) in [5, 5.41) is 8.94. The Bertz CT molecular complexity index is 466. The molecule has 5 heteroatoms. The van der Waals surface area contributed by atoms with Gasteiger partial charge in [0.05, 0.1) is 24.1 Å². The third kappa shape index (κ3) is 3.92. The highest BCUT2D eigenvalue weighted by Crippen LogP contribution is 2.18. The molecular weight excluding hydrogens is 244 g/mol. The van der Waals surface area contributed by atoms with Crippen molar-refractivity contribution in [3.63, 3.8) is 0 Å². The van der Waals surface area contributed by atoms with Crippen molar-refractivity contribution in [2.24, 2.45) is 0 Å². The number of hydrogen-bond donors (Lipinski definition) is 1. The Morgan fingerprint density at radius 3 is 2.71 bits per heavy atom. The van der Waals surface area contributed by atoms with Crippen molar-refractivity contribution < 1.29 is 19.4 Å². The normalized spacial score (nSPS) is 10.5. The first-order valence-corrected chi connectivity index (χ1v) is 5.18. The summed E-state index contributed by atoms with van der Waals surface area (Å²) in [5.74, 6) is -1.41. The lowest BCUT2D eigenvalue weighted by Crippen LogP contribution is -1.97. The van der Waals surface area contributed by atoms with Crippen molar-refractivity contribution in [3.05, 3.63) is 40.4 Å². The van der Waals surface area contributed by atoms with Crippen LogP contribution in [0.5, 0.6) is 0 Å². The molecule has 0 radical (unpaired) electrons. The molecule has 0 saturated carbocycles. The first kappa shape index (κ1) is 13.3. The molecule has 1 rings (SSSR count). The van der Waals surface area contributed by atoms with Crippen LogP contribution in [-0.2, 0) is 9.53 Å². The van der Waals surface area contributed by atoms with Gasteiger partial charge in [-0.3, -0.25) is 4.79 Å². The number of carboxylic acid groups (broad SMARTS) is 1. The average molecular weight is 255 g/mol. The minimum absolute atomic E-state index is 0.0526. The maximum Gasteiger partial charge on any atom is 0.337 e. The van der Waals surface area contributed by atoms with E-state index in [1.165, 1.54) is 19.2 Å². The van der Waals surface area contributed by atoms with Crippen molar-refractivity contribution >= 4 is 29.6 Å². The Balaban J connectivity index is 2.77. The predicted molar refractivity (Wildman–Crippen MR) is 64.1 cm³/mol. The summed E-state index contributed by atoms with van der Waals surface area (Å²) in [6, 6.07) is 4.56. The molecule has 0 spiro atoms. The number of methoxy groups -OCH3 is 1. The molecule has 0 amide bonds. The van der Waals surface area contributed by atoms with Crippen LogP contribution >= 0.6 is 11.6 Å². The molecule has 1 aromatic rings. The monoisotopic (exact) mass is 254 g/mol. The van der Waals surface area contributed by atoms with Crippen LogP contribution in [0.3, 0.4) is 0 Å². The van der Waals surface area contributed by atoms with E-state index in [-0.39, 0.29) is 23.0 Å². The fourth-order valence-electron chi connectivity index (χ4n) is 1.18. The number of esters is 1. The summed E-state index contributed by atoms with van der Waals surface area (Å²) in [4.78, 5) is 21.5. The van der Waals surface area contributed by atoms with E-state index in [1.807, 2.05) is 0 Å². The molecular formula is C12H11ClO4. The highest BCUT2D eigenvalue weighted by atomic mass is 35.5. The number of carbonyl (C=O) groups excluding carboxylic acids is 1. The van der Waals surface area contributed by atoms with Gasteiger partial charge in [-0.2, -0.15) is 0 Å². The summed E-state index contributed by atoms with van der Waals surface area (Å²) in [6.07, 6.45) is 3.46. The van der Waals surface area contributed by atoms with Crippen LogP contribution < -0.4 is 0 Å². The van der Waals surface area contributed by atoms with Gasteiger partial charge in [0.1, 0.15) is 0 Å². The van der Waals surface area contributed by atoms with E-state index in [1.54, 1.807) is 18.2 Å². The molecule has 4 nitrogen and oxygen atoms in total. The van der Waals surface area contributed by atoms with E-state index >= 15 is 0 Å². The highest BCUT2D eigenvalue weighted by molar-refractivity contribution is 6.33. The Morgan fingerprint density at radius 2 is 2.18 bits per heavy atom. The second-order valence-electron chi connectivity index (χ2n) is 3.23. The Kier molecular flexibility index (Phi) is 4.72. The van der Waals surface area contributed by atoms with E-state index < -0.39 is 5.97 Å². The highest BCUT2D eigenvalue weighted by Gasteiger charge is 2.07. The van der Waals surface area contributed by atoms with Gasteiger partial charge < -0.3 is 9.84 Å². The molecule has 0 heterocycles. The third-order valence-corrected chi connectivity index (χ3v) is 2.36. The molecule has 90 valence electrons. The summed E-state index contributed by atoms with van der Waals surface area (Å²) in [5.41, 5.74) is 0.778. The molecule has 0 aliphatic carbocycles. The molecule has 0 aliphatic heterocycles. The zero-order valence-electron chi connectivity index (χ0n) is 9.14. The van der Waals surface area contributed by atoms with Gasteiger partial charge >= 0.3 is 11.9 Å². The lowest BCUT2D eigenvalue weighted by Gasteiger charge is -2.00. The van der Waals surface area contributed by atoms with Gasteiger partial charge in [-0.05, 0) is 17.7 Å². The van der Waals surface area contributed by atoms with Gasteiger partial charge in [-0.25, -0.2) is 4.79 Å². The number of aromatic carboxylic acids is 1. The van der Waals surface area contributed by atoms with Gasteiger partial charge in [0.2, 0.25) is 0 Å². The molecule has 1 aromatic carbocycles. The fourth-order valence-corrected chi connectivity index (χ4v) is 1.45. The van der Waals surface area contributed by atoms with Gasteiger partial charge in [-0.1, -0.05) is 29.8 Å². The van der Waals surface area contributed by atoms with Crippen molar-refractivity contribution in [1.82, 2.24) is 0 Å². The first-order chi connectivity index (χ1) is 8.04. The van der Waals surface area contributed by atoms with Crippen LogP contribution in [0.15, 0.2) is 24.3 Å². The molecule has 0 unspecified atom stereocenters. The van der Waals surface area contributed by atoms with Gasteiger partial charge in [0, 0.05) is 0 Å². The van der Waals surface area contributed by atoms with Crippen LogP contribution in [0, 0.1) is 0 Å². The lowest BCUT2D eigenvalue weighted by atomic mass is 10.1. The largest absolute Gasteiger partial charge is 0.478 e. The van der Waals surface area contributed by atoms with Crippen molar-refractivity contribution in [3.8, 4) is 0 Å². The van der Waals surface area contributed by atoms with Crippen molar-refractivity contribution in [2.75, 3.05) is 7.11 Å². The lowest BCUT2D eigenvalue weighted by molar-refractivity contribution is -0.139. The summed E-state index contributed by atoms with van der Waals surface area (Å²) in [7, 11) is 1.31. The molecule has 0 aliphatic rings. The molecule has 17 heavy (non-hydrogen) atoms. The molecule has 0 saturated heterocycles. The number of hydrogen-bond acceptors (Lipinski definition) is 3. The maximum absolute atomic E-state index is 10.8. The number of rotatable bonds is 4. The Hall–Kier alpha value is -1.81. The van der Waals surface area contributed by atoms with Crippen LogP contribution in [0.2, 0.25) is 5.02 Å². The zero-order chi connectivity index (χ0) is 12.8. The molecule has 1 N–H and O–H groups in total. The van der Waals surface area contributed by atoms with Crippen molar-refractivity contribution in [2.45, 2.75) is 6.42 Å². The number of ether oxygens (including phenoxy) is 1. The number of benzene rings is 1. The van der Waals surface area contributed by atoms with Crippen molar-refractivity contribution in [1.29, 1.82) is 0 Å². The van der Waals surface area contributed by atoms with Crippen LogP contribution in [0.4, 0.5) is 0 Å². The van der Waals surface area contributed by atoms with Gasteiger partial charge in [-0.15, -0.1) is 0 Å². The quantitative estimate of drug-likeness (QED) is 0.839. The average Bonchev–Trinajstić information content (AvgIpc) is 2.28. The number of carbonyl (C=O) groups is 2. The van der Waals surface area contributed by atoms with Gasteiger partial charge in [0.25, 0.3) is 0 Å². The number of halogens is 1. The Labute approximate surface area is 103 Å². The van der Waals surface area contributed by atoms with Gasteiger partial charge in [0.15, 0.2) is 0 Å². The summed E-state index contributed by atoms with van der Waals surface area (Å²) >= 11 is 5.79. The molecule has 0 aromatic heterocycles. The van der Waals surface area contributed by atoms with Crippen LogP contribution in [0.1, 0.15) is 22.3 Å². The van der Waals surface area contributed by atoms with E-state index in [0.717, 1.165) is 5.56 Å². The van der Waals surface area contributed by atoms with E-state index in [2.05, 4.69) is 4.74 Å². The minimum atomic E-state index is -1.07. The topological polar surface area (TPSA) is 63.6 Å². The van der Waals surface area contributed by atoms with E-state index in [9.17, 15) is 9.59 Å². The zero-order valence-corrected chi connectivity index (χ0v) is 9.90. The van der Waals surface area contributed by atoms with E-state index in [4.69, 9.17) is 16.7 Å². The first-order valence-electron chi connectivity index (χ1n) is 4.81. The summed E-state index contributed by atoms with van der Waals surface area (Å²) < 4.78 is 4.47.